The Kier molecular flexibility index (Phi) is 6.45. The number of carbonyl (C=O) groups is 3. The van der Waals surface area contributed by atoms with Crippen molar-refractivity contribution in [3.63, 3.8) is 0 Å². The van der Waals surface area contributed by atoms with E-state index in [4.69, 9.17) is 9.47 Å². The zero-order valence-electron chi connectivity index (χ0n) is 11.4. The Morgan fingerprint density at radius 2 is 2.30 bits per heavy atom. The molecule has 7 nitrogen and oxygen atoms in total. The fourth-order valence-electron chi connectivity index (χ4n) is 1.58. The Bertz CT molecular complexity index is 419. The second-order valence-electron chi connectivity index (χ2n) is 4.18. The molecule has 0 aliphatic carbocycles. The zero-order chi connectivity index (χ0) is 15.0. The molecule has 7 heteroatoms. The average Bonchev–Trinajstić information content (AvgIpc) is 2.44. The average molecular weight is 282 g/mol. The fraction of sp³-hybridized carbons (Fsp3) is 0.462. The highest BCUT2D eigenvalue weighted by atomic mass is 16.6. The van der Waals surface area contributed by atoms with Gasteiger partial charge >= 0.3 is 5.97 Å². The molecule has 2 unspecified atom stereocenters. The van der Waals surface area contributed by atoms with E-state index in [9.17, 15) is 14.4 Å². The number of hydrogen-bond donors (Lipinski definition) is 1. The smallest absolute Gasteiger partial charge is 0.302 e. The molecule has 0 spiro atoms. The fourth-order valence-corrected chi connectivity index (χ4v) is 1.58. The predicted octanol–water partition coefficient (Wildman–Crippen LogP) is -0.0612. The third-order valence-corrected chi connectivity index (χ3v) is 2.62. The first-order valence-electron chi connectivity index (χ1n) is 6.13. The Labute approximate surface area is 117 Å². The Balaban J connectivity index is 2.51. The van der Waals surface area contributed by atoms with Gasteiger partial charge in [0.15, 0.2) is 6.23 Å². The molecule has 0 aromatic rings. The summed E-state index contributed by atoms with van der Waals surface area (Å²) >= 11 is 0. The summed E-state index contributed by atoms with van der Waals surface area (Å²) in [7, 11) is 1.58. The number of nitrogens with one attached hydrogen (secondary N) is 1. The lowest BCUT2D eigenvalue weighted by atomic mass is 10.2. The van der Waals surface area contributed by atoms with E-state index in [1.807, 2.05) is 6.08 Å². The Morgan fingerprint density at radius 1 is 1.55 bits per heavy atom. The van der Waals surface area contributed by atoms with Crippen molar-refractivity contribution in [1.29, 1.82) is 0 Å². The molecule has 0 aromatic carbocycles. The number of ether oxygens (including phenoxy) is 2. The standard InChI is InChI=1S/C13H18N2O5/c1-10(17)19-8-11-4-3-5-13(20-11)15(2)12(18)6-7-14-9-16/h3,5-7,9,11,13H,4,8H2,1-2H3,(H,14,16)/b7-6-. The van der Waals surface area contributed by atoms with Gasteiger partial charge in [-0.15, -0.1) is 0 Å². The van der Waals surface area contributed by atoms with Crippen LogP contribution in [0.3, 0.4) is 0 Å². The van der Waals surface area contributed by atoms with E-state index in [1.165, 1.54) is 24.1 Å². The van der Waals surface area contributed by atoms with Crippen LogP contribution < -0.4 is 5.32 Å². The molecule has 0 saturated carbocycles. The first-order valence-corrected chi connectivity index (χ1v) is 6.13. The predicted molar refractivity (Wildman–Crippen MR) is 70.2 cm³/mol. The third kappa shape index (κ3) is 5.23. The maximum atomic E-state index is 11.8. The van der Waals surface area contributed by atoms with Gasteiger partial charge in [0, 0.05) is 26.2 Å². The number of rotatable bonds is 6. The second kappa shape index (κ2) is 8.11. The second-order valence-corrected chi connectivity index (χ2v) is 4.18. The number of nitrogens with zero attached hydrogens (tertiary/aromatic N) is 1. The van der Waals surface area contributed by atoms with Crippen LogP contribution in [-0.4, -0.2) is 49.2 Å². The first-order chi connectivity index (χ1) is 9.54. The Morgan fingerprint density at radius 3 is 2.95 bits per heavy atom. The van der Waals surface area contributed by atoms with Crippen molar-refractivity contribution in [2.24, 2.45) is 0 Å². The van der Waals surface area contributed by atoms with Crippen molar-refractivity contribution < 1.29 is 23.9 Å². The van der Waals surface area contributed by atoms with Gasteiger partial charge in [-0.25, -0.2) is 0 Å². The van der Waals surface area contributed by atoms with E-state index >= 15 is 0 Å². The highest BCUT2D eigenvalue weighted by Gasteiger charge is 2.24. The summed E-state index contributed by atoms with van der Waals surface area (Å²) in [4.78, 5) is 34.0. The van der Waals surface area contributed by atoms with E-state index in [2.05, 4.69) is 5.32 Å². The minimum absolute atomic E-state index is 0.154. The lowest BCUT2D eigenvalue weighted by Gasteiger charge is -2.31. The van der Waals surface area contributed by atoms with Gasteiger partial charge in [0.1, 0.15) is 6.61 Å². The number of carbonyl (C=O) groups excluding carboxylic acids is 3. The number of esters is 1. The number of hydrogen-bond acceptors (Lipinski definition) is 5. The molecule has 2 atom stereocenters. The normalized spacial score (nSPS) is 21.5. The molecular formula is C13H18N2O5. The van der Waals surface area contributed by atoms with Crippen molar-refractivity contribution in [3.8, 4) is 0 Å². The number of likely N-dealkylation sites (N-methyl/N-ethyl adjacent to an activating group) is 1. The van der Waals surface area contributed by atoms with Crippen LogP contribution >= 0.6 is 0 Å². The van der Waals surface area contributed by atoms with Gasteiger partial charge in [-0.05, 0) is 12.5 Å². The van der Waals surface area contributed by atoms with Crippen molar-refractivity contribution in [2.75, 3.05) is 13.7 Å². The van der Waals surface area contributed by atoms with Crippen LogP contribution in [0, 0.1) is 0 Å². The maximum absolute atomic E-state index is 11.8. The topological polar surface area (TPSA) is 84.9 Å². The molecule has 0 aromatic heterocycles. The summed E-state index contributed by atoms with van der Waals surface area (Å²) in [6, 6.07) is 0. The van der Waals surface area contributed by atoms with E-state index in [-0.39, 0.29) is 24.6 Å². The lowest BCUT2D eigenvalue weighted by molar-refractivity contribution is -0.154. The first kappa shape index (κ1) is 15.9. The minimum Gasteiger partial charge on any atom is -0.463 e. The zero-order valence-corrected chi connectivity index (χ0v) is 11.4. The van der Waals surface area contributed by atoms with Crippen molar-refractivity contribution >= 4 is 18.3 Å². The van der Waals surface area contributed by atoms with Crippen LogP contribution in [0.2, 0.25) is 0 Å². The Hall–Kier alpha value is -2.15. The highest BCUT2D eigenvalue weighted by molar-refractivity contribution is 5.87. The molecule has 2 amide bonds. The molecule has 1 aliphatic heterocycles. The van der Waals surface area contributed by atoms with Crippen LogP contribution in [0.4, 0.5) is 0 Å². The van der Waals surface area contributed by atoms with Gasteiger partial charge in [0.05, 0.1) is 6.10 Å². The summed E-state index contributed by atoms with van der Waals surface area (Å²) in [5.74, 6) is -0.686. The molecule has 0 saturated heterocycles. The molecule has 110 valence electrons. The van der Waals surface area contributed by atoms with Crippen LogP contribution in [0.25, 0.3) is 0 Å². The van der Waals surface area contributed by atoms with Crippen LogP contribution in [0.15, 0.2) is 24.4 Å². The molecule has 1 heterocycles. The van der Waals surface area contributed by atoms with E-state index < -0.39 is 6.23 Å². The molecular weight excluding hydrogens is 264 g/mol. The van der Waals surface area contributed by atoms with Gasteiger partial charge in [-0.2, -0.15) is 0 Å². The van der Waals surface area contributed by atoms with Crippen LogP contribution in [0.1, 0.15) is 13.3 Å². The summed E-state index contributed by atoms with van der Waals surface area (Å²) in [5.41, 5.74) is 0. The molecule has 0 bridgehead atoms. The molecule has 0 radical (unpaired) electrons. The van der Waals surface area contributed by atoms with E-state index in [0.717, 1.165) is 0 Å². The summed E-state index contributed by atoms with van der Waals surface area (Å²) in [5, 5.41) is 2.25. The molecule has 0 fully saturated rings. The molecule has 1 N–H and O–H groups in total. The van der Waals surface area contributed by atoms with Gasteiger partial charge < -0.3 is 19.7 Å². The lowest BCUT2D eigenvalue weighted by Crippen LogP contribution is -2.42. The summed E-state index contributed by atoms with van der Waals surface area (Å²) in [6.07, 6.45) is 6.38. The largest absolute Gasteiger partial charge is 0.463 e. The van der Waals surface area contributed by atoms with E-state index in [1.54, 1.807) is 13.1 Å². The molecule has 1 rings (SSSR count). The van der Waals surface area contributed by atoms with Gasteiger partial charge in [0.25, 0.3) is 0 Å². The van der Waals surface area contributed by atoms with E-state index in [0.29, 0.717) is 12.8 Å². The van der Waals surface area contributed by atoms with Gasteiger partial charge in [-0.3, -0.25) is 14.4 Å². The van der Waals surface area contributed by atoms with Crippen molar-refractivity contribution in [2.45, 2.75) is 25.7 Å². The molecule has 20 heavy (non-hydrogen) atoms. The van der Waals surface area contributed by atoms with Crippen molar-refractivity contribution in [1.82, 2.24) is 10.2 Å². The SMILES string of the molecule is CC(=O)OCC1CC=CC(N(C)C(=O)/C=C\NC=O)O1. The van der Waals surface area contributed by atoms with Gasteiger partial charge in [0.2, 0.25) is 12.3 Å². The minimum atomic E-state index is -0.530. The summed E-state index contributed by atoms with van der Waals surface area (Å²) < 4.78 is 10.5. The van der Waals surface area contributed by atoms with Crippen molar-refractivity contribution in [3.05, 3.63) is 24.4 Å². The molecule has 1 aliphatic rings. The number of amides is 2. The summed E-state index contributed by atoms with van der Waals surface area (Å²) in [6.45, 7) is 1.48. The van der Waals surface area contributed by atoms with Crippen LogP contribution in [0.5, 0.6) is 0 Å². The third-order valence-electron chi connectivity index (χ3n) is 2.62. The van der Waals surface area contributed by atoms with Crippen LogP contribution in [-0.2, 0) is 23.9 Å². The maximum Gasteiger partial charge on any atom is 0.302 e. The monoisotopic (exact) mass is 282 g/mol. The van der Waals surface area contributed by atoms with Gasteiger partial charge in [-0.1, -0.05) is 6.08 Å². The quantitative estimate of drug-likeness (QED) is 0.319. The highest BCUT2D eigenvalue weighted by Crippen LogP contribution is 2.15.